The predicted octanol–water partition coefficient (Wildman–Crippen LogP) is 4.18. The lowest BCUT2D eigenvalue weighted by Gasteiger charge is -2.56. The second-order valence-electron chi connectivity index (χ2n) is 14.5. The van der Waals surface area contributed by atoms with Gasteiger partial charge in [-0.05, 0) is 91.1 Å². The van der Waals surface area contributed by atoms with Gasteiger partial charge in [0, 0.05) is 18.9 Å². The fourth-order valence-corrected chi connectivity index (χ4v) is 7.97. The first kappa shape index (κ1) is 39.6. The van der Waals surface area contributed by atoms with Gasteiger partial charge >= 0.3 is 5.97 Å². The molecule has 1 aliphatic carbocycles. The highest BCUT2D eigenvalue weighted by Crippen LogP contribution is 2.51. The summed E-state index contributed by atoms with van der Waals surface area (Å²) < 4.78 is 24.4. The molecule has 2 aliphatic heterocycles. The van der Waals surface area contributed by atoms with Gasteiger partial charge in [0.1, 0.15) is 24.9 Å². The van der Waals surface area contributed by atoms with E-state index in [4.69, 9.17) is 24.7 Å². The zero-order valence-corrected chi connectivity index (χ0v) is 30.3. The lowest BCUT2D eigenvalue weighted by Crippen LogP contribution is -2.70. The minimum Gasteiger partial charge on any atom is -0.504 e. The average Bonchev–Trinajstić information content (AvgIpc) is 3.17. The number of hydrogen-bond acceptors (Lipinski definition) is 12. The highest BCUT2D eigenvalue weighted by atomic mass is 16.6. The van der Waals surface area contributed by atoms with Crippen molar-refractivity contribution in [2.75, 3.05) is 26.4 Å². The maximum Gasteiger partial charge on any atom is 0.336 e. The number of hydrogen-bond donors (Lipinski definition) is 6. The predicted molar refractivity (Wildman–Crippen MR) is 200 cm³/mol. The fraction of sp³-hybridized carbons (Fsp3) is 0.405. The number of phenolic OH excluding ortho intramolecular Hbond substituents is 3. The number of carboxylic acids is 1. The van der Waals surface area contributed by atoms with Gasteiger partial charge in [-0.2, -0.15) is 0 Å². The maximum absolute atomic E-state index is 14.3. The minimum absolute atomic E-state index is 0.138. The maximum atomic E-state index is 14.3. The Balaban J connectivity index is 1.23. The third kappa shape index (κ3) is 8.93. The standard InChI is InChI=1S/C42H47NO12/c43-18-19-52-36-14-10-27(21-34(36)47)8-12-30(44)25-54-42(40(50)51)23-35(48)39-38-31(42)16-17-41(55-38,37(49)15-11-28-9-13-32(45)33(46)20-28)22-29(24-53-39)7-6-26-4-2-1-3-5-26/h1-5,8-15,20-21,29,31,35,38-39,45-48H,6-7,16-19,22-25,43H2,(H,50,51). The largest absolute Gasteiger partial charge is 0.504 e. The molecule has 2 bridgehead atoms. The van der Waals surface area contributed by atoms with Crippen LogP contribution < -0.4 is 10.5 Å². The first-order valence-corrected chi connectivity index (χ1v) is 18.4. The molecule has 0 spiro atoms. The third-order valence-electron chi connectivity index (χ3n) is 10.8. The second kappa shape index (κ2) is 17.2. The Morgan fingerprint density at radius 2 is 1.62 bits per heavy atom. The lowest BCUT2D eigenvalue weighted by molar-refractivity contribution is -0.288. The van der Waals surface area contributed by atoms with Crippen molar-refractivity contribution in [3.63, 3.8) is 0 Å². The summed E-state index contributed by atoms with van der Waals surface area (Å²) in [7, 11) is 0. The monoisotopic (exact) mass is 757 g/mol. The SMILES string of the molecule is NCCOc1ccc(C=CC(=O)COC2(C(=O)O)CC(O)C3OCC(CCc4ccccc4)CC4(C(=O)C=Cc5ccc(O)c(O)c5)CCC2C3O4)cc1O. The van der Waals surface area contributed by atoms with Crippen molar-refractivity contribution in [1.82, 2.24) is 0 Å². The number of nitrogens with two attached hydrogens (primary N) is 1. The van der Waals surface area contributed by atoms with Crippen LogP contribution in [0.1, 0.15) is 48.8 Å². The van der Waals surface area contributed by atoms with Crippen LogP contribution in [0.2, 0.25) is 0 Å². The van der Waals surface area contributed by atoms with Gasteiger partial charge in [-0.25, -0.2) is 4.79 Å². The normalized spacial score (nSPS) is 27.7. The number of aryl methyl sites for hydroxylation is 1. The number of aliphatic carboxylic acids is 1. The lowest BCUT2D eigenvalue weighted by atomic mass is 9.64. The number of aliphatic hydroxyl groups excluding tert-OH is 1. The van der Waals surface area contributed by atoms with E-state index in [0.717, 1.165) is 12.0 Å². The Kier molecular flexibility index (Phi) is 12.4. The highest BCUT2D eigenvalue weighted by molar-refractivity contribution is 6.00. The molecule has 13 nitrogen and oxygen atoms in total. The average molecular weight is 758 g/mol. The van der Waals surface area contributed by atoms with E-state index in [1.165, 1.54) is 48.6 Å². The van der Waals surface area contributed by atoms with E-state index in [1.807, 2.05) is 30.3 Å². The molecular formula is C42H47NO12. The van der Waals surface area contributed by atoms with Crippen LogP contribution in [0.3, 0.4) is 0 Å². The summed E-state index contributed by atoms with van der Waals surface area (Å²) in [6.45, 7) is 0.0647. The minimum atomic E-state index is -2.03. The molecule has 2 heterocycles. The molecule has 7 atom stereocenters. The van der Waals surface area contributed by atoms with Crippen molar-refractivity contribution in [1.29, 1.82) is 0 Å². The summed E-state index contributed by atoms with van der Waals surface area (Å²) in [5.74, 6) is -3.86. The number of carbonyl (C=O) groups is 3. The van der Waals surface area contributed by atoms with Gasteiger partial charge < -0.3 is 50.2 Å². The summed E-state index contributed by atoms with van der Waals surface area (Å²) in [5.41, 5.74) is 4.10. The molecule has 55 heavy (non-hydrogen) atoms. The third-order valence-corrected chi connectivity index (χ3v) is 10.8. The van der Waals surface area contributed by atoms with Crippen LogP contribution in [0.25, 0.3) is 12.2 Å². The van der Waals surface area contributed by atoms with Crippen molar-refractivity contribution in [3.05, 3.63) is 95.6 Å². The molecule has 3 fully saturated rings. The van der Waals surface area contributed by atoms with Crippen LogP contribution in [0.15, 0.2) is 78.9 Å². The molecular weight excluding hydrogens is 710 g/mol. The van der Waals surface area contributed by atoms with Crippen molar-refractivity contribution in [2.24, 2.45) is 17.6 Å². The molecule has 7 N–H and O–H groups in total. The molecule has 3 aromatic carbocycles. The molecule has 0 radical (unpaired) electrons. The molecule has 13 heteroatoms. The number of ketones is 2. The number of phenols is 3. The smallest absolute Gasteiger partial charge is 0.336 e. The first-order valence-electron chi connectivity index (χ1n) is 18.4. The van der Waals surface area contributed by atoms with E-state index < -0.39 is 53.8 Å². The summed E-state index contributed by atoms with van der Waals surface area (Å²) in [4.78, 5) is 40.5. The zero-order chi connectivity index (χ0) is 39.2. The van der Waals surface area contributed by atoms with E-state index in [1.54, 1.807) is 12.1 Å². The second-order valence-corrected chi connectivity index (χ2v) is 14.5. The van der Waals surface area contributed by atoms with Gasteiger partial charge in [0.05, 0.1) is 18.8 Å². The van der Waals surface area contributed by atoms with E-state index in [9.17, 15) is 39.9 Å². The van der Waals surface area contributed by atoms with E-state index in [2.05, 4.69) is 0 Å². The molecule has 0 amide bonds. The molecule has 292 valence electrons. The molecule has 7 unspecified atom stereocenters. The van der Waals surface area contributed by atoms with Crippen LogP contribution in [0.5, 0.6) is 23.0 Å². The van der Waals surface area contributed by atoms with E-state index in [-0.39, 0.29) is 80.1 Å². The Morgan fingerprint density at radius 1 is 0.891 bits per heavy atom. The van der Waals surface area contributed by atoms with Crippen LogP contribution in [0, 0.1) is 11.8 Å². The van der Waals surface area contributed by atoms with Crippen molar-refractivity contribution in [2.45, 2.75) is 68.0 Å². The molecule has 6 rings (SSSR count). The van der Waals surface area contributed by atoms with Gasteiger partial charge in [0.25, 0.3) is 0 Å². The fourth-order valence-electron chi connectivity index (χ4n) is 7.97. The van der Waals surface area contributed by atoms with Crippen LogP contribution in [-0.2, 0) is 35.0 Å². The van der Waals surface area contributed by atoms with Crippen LogP contribution in [0.4, 0.5) is 0 Å². The van der Waals surface area contributed by atoms with Gasteiger partial charge in [0.15, 0.2) is 40.2 Å². The summed E-state index contributed by atoms with van der Waals surface area (Å²) in [5, 5.41) is 52.2. The number of carboxylic acid groups (broad SMARTS) is 1. The number of benzene rings is 3. The Hall–Kier alpha value is -5.05. The van der Waals surface area contributed by atoms with E-state index >= 15 is 0 Å². The van der Waals surface area contributed by atoms with Gasteiger partial charge in [-0.15, -0.1) is 0 Å². The van der Waals surface area contributed by atoms with Crippen molar-refractivity contribution >= 4 is 29.7 Å². The van der Waals surface area contributed by atoms with Gasteiger partial charge in [-0.3, -0.25) is 9.59 Å². The zero-order valence-electron chi connectivity index (χ0n) is 30.3. The molecule has 0 aromatic heterocycles. The number of rotatable bonds is 15. The van der Waals surface area contributed by atoms with Crippen molar-refractivity contribution < 1.29 is 58.9 Å². The number of carbonyl (C=O) groups excluding carboxylic acids is 2. The Morgan fingerprint density at radius 3 is 2.33 bits per heavy atom. The Bertz CT molecular complexity index is 1910. The van der Waals surface area contributed by atoms with Crippen LogP contribution >= 0.6 is 0 Å². The molecule has 3 aliphatic rings. The number of aliphatic hydroxyl groups is 1. The number of aromatic hydroxyl groups is 3. The Labute approximate surface area is 318 Å². The van der Waals surface area contributed by atoms with Gasteiger partial charge in [-0.1, -0.05) is 54.6 Å². The first-order chi connectivity index (χ1) is 26.4. The molecule has 1 saturated carbocycles. The van der Waals surface area contributed by atoms with Crippen LogP contribution in [-0.4, -0.2) is 98.9 Å². The topological polar surface area (TPSA) is 215 Å². The molecule has 2 saturated heterocycles. The number of fused-ring (bicyclic) bond motifs is 1. The van der Waals surface area contributed by atoms with E-state index in [0.29, 0.717) is 17.5 Å². The van der Waals surface area contributed by atoms with Gasteiger partial charge in [0.2, 0.25) is 0 Å². The summed E-state index contributed by atoms with van der Waals surface area (Å²) in [6.07, 6.45) is 3.74. The van der Waals surface area contributed by atoms with Crippen molar-refractivity contribution in [3.8, 4) is 23.0 Å². The molecule has 3 aromatic rings. The quantitative estimate of drug-likeness (QED) is 0.0949. The summed E-state index contributed by atoms with van der Waals surface area (Å²) in [6, 6.07) is 18.7. The summed E-state index contributed by atoms with van der Waals surface area (Å²) >= 11 is 0. The highest BCUT2D eigenvalue weighted by Gasteiger charge is 2.64. The number of ether oxygens (including phenoxy) is 4.